The molecule has 6 nitrogen and oxygen atoms in total. The Bertz CT molecular complexity index is 1120. The topological polar surface area (TPSA) is 102 Å². The summed E-state index contributed by atoms with van der Waals surface area (Å²) in [6, 6.07) is 12.7. The van der Waals surface area contributed by atoms with E-state index in [1.807, 2.05) is 12.1 Å². The van der Waals surface area contributed by atoms with E-state index in [0.717, 1.165) is 17.5 Å². The van der Waals surface area contributed by atoms with Gasteiger partial charge in [0.2, 0.25) is 0 Å². The summed E-state index contributed by atoms with van der Waals surface area (Å²) in [7, 11) is -4.68. The average molecular weight is 513 g/mol. The summed E-state index contributed by atoms with van der Waals surface area (Å²) >= 11 is 5.98. The molecule has 0 bridgehead atoms. The number of rotatable bonds is 3. The van der Waals surface area contributed by atoms with Gasteiger partial charge >= 0.3 is 48.9 Å². The molecule has 0 unspecified atom stereocenters. The molecule has 9 heteroatoms. The van der Waals surface area contributed by atoms with E-state index in [0.29, 0.717) is 10.9 Å². The molecule has 0 spiro atoms. The molecule has 0 aliphatic carbocycles. The molecule has 0 radical (unpaired) electrons. The van der Waals surface area contributed by atoms with E-state index in [4.69, 9.17) is 11.6 Å². The molecule has 0 saturated carbocycles. The number of benzene rings is 3. The van der Waals surface area contributed by atoms with Gasteiger partial charge in [0, 0.05) is 10.4 Å². The van der Waals surface area contributed by atoms with E-state index in [-0.39, 0.29) is 71.0 Å². The zero-order valence-electron chi connectivity index (χ0n) is 13.7. The van der Waals surface area contributed by atoms with Crippen LogP contribution in [0.3, 0.4) is 0 Å². The minimum absolute atomic E-state index is 0. The third kappa shape index (κ3) is 4.49. The first kappa shape index (κ1) is 21.4. The number of fused-ring (bicyclic) bond motifs is 1. The first-order chi connectivity index (χ1) is 11.8. The smallest absolute Gasteiger partial charge is 0.744 e. The number of azo groups is 1. The maximum atomic E-state index is 11.2. The molecule has 128 valence electrons. The SMILES string of the molecule is Cc1c(Cl)cc(S(=O)(=O)[O-])cc1N=Nc1c(O)ccc2ccccc12.[Ba+2]. The Morgan fingerprint density at radius 2 is 1.77 bits per heavy atom. The number of halogens is 1. The molecule has 0 fully saturated rings. The van der Waals surface area contributed by atoms with E-state index in [9.17, 15) is 18.1 Å². The van der Waals surface area contributed by atoms with Gasteiger partial charge in [-0.1, -0.05) is 41.9 Å². The zero-order valence-corrected chi connectivity index (χ0v) is 19.7. The third-order valence-electron chi connectivity index (χ3n) is 3.72. The van der Waals surface area contributed by atoms with Crippen LogP contribution in [0.25, 0.3) is 10.8 Å². The van der Waals surface area contributed by atoms with Crippen molar-refractivity contribution >= 4 is 92.7 Å². The molecule has 3 aromatic carbocycles. The predicted octanol–water partition coefficient (Wildman–Crippen LogP) is 4.45. The van der Waals surface area contributed by atoms with Gasteiger partial charge in [0.05, 0.1) is 10.6 Å². The van der Waals surface area contributed by atoms with Crippen molar-refractivity contribution in [1.82, 2.24) is 0 Å². The summed E-state index contributed by atoms with van der Waals surface area (Å²) in [5.74, 6) is -0.0706. The monoisotopic (exact) mass is 513 g/mol. The Balaban J connectivity index is 0.00000243. The van der Waals surface area contributed by atoms with Crippen LogP contribution in [-0.2, 0) is 10.1 Å². The second kappa shape index (κ2) is 8.41. The molecule has 1 N–H and O–H groups in total. The largest absolute Gasteiger partial charge is 2.00 e. The molecule has 0 atom stereocenters. The van der Waals surface area contributed by atoms with Crippen LogP contribution in [0.2, 0.25) is 5.02 Å². The van der Waals surface area contributed by atoms with Crippen LogP contribution >= 0.6 is 11.6 Å². The maximum Gasteiger partial charge on any atom is 2.00 e. The molecule has 0 amide bonds. The van der Waals surface area contributed by atoms with Crippen LogP contribution < -0.4 is 0 Å². The molecule has 3 rings (SSSR count). The van der Waals surface area contributed by atoms with Crippen molar-refractivity contribution in [3.63, 3.8) is 0 Å². The second-order valence-corrected chi connectivity index (χ2v) is 7.14. The number of hydrogen-bond acceptors (Lipinski definition) is 6. The fourth-order valence-corrected chi connectivity index (χ4v) is 3.14. The Kier molecular flexibility index (Phi) is 6.92. The van der Waals surface area contributed by atoms with Crippen molar-refractivity contribution in [3.8, 4) is 5.75 Å². The van der Waals surface area contributed by atoms with Crippen molar-refractivity contribution in [2.45, 2.75) is 11.8 Å². The number of nitrogens with zero attached hydrogens (tertiary/aromatic N) is 2. The maximum absolute atomic E-state index is 11.2. The van der Waals surface area contributed by atoms with E-state index in [1.54, 1.807) is 25.1 Å². The first-order valence-electron chi connectivity index (χ1n) is 7.16. The van der Waals surface area contributed by atoms with Gasteiger partial charge in [-0.3, -0.25) is 0 Å². The summed E-state index contributed by atoms with van der Waals surface area (Å²) in [5, 5.41) is 19.8. The molecule has 3 aromatic rings. The van der Waals surface area contributed by atoms with Gasteiger partial charge < -0.3 is 9.66 Å². The number of phenols is 1. The number of phenolic OH excluding ortho intramolecular Hbond substituents is 1. The summed E-state index contributed by atoms with van der Waals surface area (Å²) < 4.78 is 33.7. The van der Waals surface area contributed by atoms with Gasteiger partial charge in [0.1, 0.15) is 21.6 Å². The molecule has 0 aliphatic heterocycles. The molecule has 26 heavy (non-hydrogen) atoms. The van der Waals surface area contributed by atoms with Crippen LogP contribution in [0.5, 0.6) is 5.75 Å². The van der Waals surface area contributed by atoms with Crippen LogP contribution in [0.4, 0.5) is 11.4 Å². The Hall–Kier alpha value is -0.909. The van der Waals surface area contributed by atoms with Crippen molar-refractivity contribution in [3.05, 3.63) is 59.1 Å². The average Bonchev–Trinajstić information content (AvgIpc) is 2.56. The van der Waals surface area contributed by atoms with Crippen molar-refractivity contribution in [1.29, 1.82) is 0 Å². The summed E-state index contributed by atoms with van der Waals surface area (Å²) in [6.45, 7) is 1.63. The minimum Gasteiger partial charge on any atom is -0.744 e. The second-order valence-electron chi connectivity index (χ2n) is 5.36. The normalized spacial score (nSPS) is 11.7. The van der Waals surface area contributed by atoms with Gasteiger partial charge in [-0.25, -0.2) is 8.42 Å². The van der Waals surface area contributed by atoms with Crippen molar-refractivity contribution in [2.75, 3.05) is 0 Å². The van der Waals surface area contributed by atoms with E-state index < -0.39 is 15.0 Å². The molecule has 0 saturated heterocycles. The summed E-state index contributed by atoms with van der Waals surface area (Å²) in [5.41, 5.74) is 0.843. The number of hydrogen-bond donors (Lipinski definition) is 1. The summed E-state index contributed by atoms with van der Waals surface area (Å²) in [4.78, 5) is -0.487. The van der Waals surface area contributed by atoms with E-state index >= 15 is 0 Å². The van der Waals surface area contributed by atoms with Gasteiger partial charge in [0.25, 0.3) is 0 Å². The van der Waals surface area contributed by atoms with Crippen LogP contribution in [0.15, 0.2) is 63.7 Å². The van der Waals surface area contributed by atoms with Gasteiger partial charge in [-0.15, -0.1) is 5.11 Å². The van der Waals surface area contributed by atoms with Gasteiger partial charge in [0.15, 0.2) is 0 Å². The van der Waals surface area contributed by atoms with Gasteiger partial charge in [-0.05, 0) is 36.1 Å². The quantitative estimate of drug-likeness (QED) is 0.318. The Morgan fingerprint density at radius 3 is 2.46 bits per heavy atom. The fourth-order valence-electron chi connectivity index (χ4n) is 2.34. The minimum atomic E-state index is -4.68. The Morgan fingerprint density at radius 1 is 1.08 bits per heavy atom. The summed E-state index contributed by atoms with van der Waals surface area (Å²) in [6.07, 6.45) is 0. The van der Waals surface area contributed by atoms with E-state index in [2.05, 4.69) is 10.2 Å². The standard InChI is InChI=1S/C17H13ClN2O4S.Ba/c1-10-14(18)8-12(25(22,23)24)9-15(10)19-20-17-13-5-3-2-4-11(13)6-7-16(17)21;/h2-9,21H,1H3,(H,22,23,24);/q;+2/p-1. The third-order valence-corrected chi connectivity index (χ3v) is 4.92. The fraction of sp³-hybridized carbons (Fsp3) is 0.0588. The van der Waals surface area contributed by atoms with E-state index in [1.165, 1.54) is 6.07 Å². The first-order valence-corrected chi connectivity index (χ1v) is 8.94. The Labute approximate surface area is 195 Å². The van der Waals surface area contributed by atoms with Crippen LogP contribution in [-0.4, -0.2) is 67.0 Å². The van der Waals surface area contributed by atoms with Crippen LogP contribution in [0.1, 0.15) is 5.56 Å². The molecule has 0 aliphatic rings. The van der Waals surface area contributed by atoms with Crippen molar-refractivity contribution < 1.29 is 18.1 Å². The zero-order chi connectivity index (χ0) is 18.2. The molecule has 0 aromatic heterocycles. The van der Waals surface area contributed by atoms with Gasteiger partial charge in [-0.2, -0.15) is 5.11 Å². The molecular weight excluding hydrogens is 501 g/mol. The predicted molar refractivity (Wildman–Crippen MR) is 99.7 cm³/mol. The molecular formula is C17H12BaClN2O4S+. The van der Waals surface area contributed by atoms with Crippen LogP contribution in [0, 0.1) is 6.92 Å². The van der Waals surface area contributed by atoms with Crippen molar-refractivity contribution in [2.24, 2.45) is 10.2 Å². The molecule has 0 heterocycles. The number of aromatic hydroxyl groups is 1.